The molecule has 0 spiro atoms. The van der Waals surface area contributed by atoms with Gasteiger partial charge in [0, 0.05) is 18.2 Å². The van der Waals surface area contributed by atoms with Crippen LogP contribution in [0.1, 0.15) is 54.9 Å². The predicted octanol–water partition coefficient (Wildman–Crippen LogP) is -2.70. The van der Waals surface area contributed by atoms with Gasteiger partial charge in [0.2, 0.25) is 5.91 Å². The summed E-state index contributed by atoms with van der Waals surface area (Å²) >= 11 is 0. The number of hydrogen-bond donors (Lipinski definition) is 5. The summed E-state index contributed by atoms with van der Waals surface area (Å²) < 4.78 is 39.2. The van der Waals surface area contributed by atoms with Crippen molar-refractivity contribution < 1.29 is 101 Å². The van der Waals surface area contributed by atoms with Crippen LogP contribution in [0.2, 0.25) is 0 Å². The number of nitrogens with two attached hydrogens (primary N) is 1. The van der Waals surface area contributed by atoms with E-state index in [4.69, 9.17) is 10.5 Å². The van der Waals surface area contributed by atoms with E-state index >= 15 is 0 Å². The molecule has 1 aliphatic carbocycles. The number of hydrogen-bond acceptors (Lipinski definition) is 9. The second kappa shape index (κ2) is 21.0. The van der Waals surface area contributed by atoms with Gasteiger partial charge in [-0.15, -0.1) is 5.69 Å². The minimum absolute atomic E-state index is 0. The summed E-state index contributed by atoms with van der Waals surface area (Å²) in [4.78, 5) is 51.2. The number of amides is 5. The molecule has 3 aromatic rings. The maximum absolute atomic E-state index is 13.6. The van der Waals surface area contributed by atoms with E-state index in [2.05, 4.69) is 21.3 Å². The van der Waals surface area contributed by atoms with Crippen molar-refractivity contribution in [3.63, 3.8) is 0 Å². The number of primary amides is 1. The molecule has 0 aliphatic heterocycles. The molecule has 268 valence electrons. The zero-order valence-electron chi connectivity index (χ0n) is 29.8. The average Bonchev–Trinajstić information content (AvgIpc) is 3.39. The fraction of sp³-hybridized carbons (Fsp3) is 0.371. The average molecular weight is 754 g/mol. The molecule has 2 atom stereocenters. The largest absolute Gasteiger partial charge is 1.00 e. The quantitative estimate of drug-likeness (QED) is 0.0582. The van der Waals surface area contributed by atoms with Gasteiger partial charge in [-0.2, -0.15) is 0 Å². The molecule has 0 heterocycles. The summed E-state index contributed by atoms with van der Waals surface area (Å²) in [5.41, 5.74) is 10.1. The summed E-state index contributed by atoms with van der Waals surface area (Å²) in [6.45, 7) is 3.16. The third-order valence-electron chi connectivity index (χ3n) is 8.37. The van der Waals surface area contributed by atoms with Crippen LogP contribution < -0.4 is 80.8 Å². The molecule has 52 heavy (non-hydrogen) atoms. The Hall–Kier alpha value is -2.99. The van der Waals surface area contributed by atoms with Gasteiger partial charge in [-0.1, -0.05) is 80.6 Å². The van der Waals surface area contributed by atoms with E-state index in [0.717, 1.165) is 22.3 Å². The molecular formula is C35H41N5Na2O9S. The van der Waals surface area contributed by atoms with Crippen LogP contribution in [-0.4, -0.2) is 73.0 Å². The summed E-state index contributed by atoms with van der Waals surface area (Å²) in [7, 11) is -4.54. The Morgan fingerprint density at radius 3 is 2.12 bits per heavy atom. The van der Waals surface area contributed by atoms with E-state index in [9.17, 15) is 37.3 Å². The molecule has 0 saturated carbocycles. The molecule has 0 saturated heterocycles. The molecule has 0 radical (unpaired) electrons. The Labute approximate surface area is 347 Å². The van der Waals surface area contributed by atoms with Gasteiger partial charge in [-0.3, -0.25) is 4.79 Å². The first-order valence-corrected chi connectivity index (χ1v) is 17.7. The standard InChI is InChI=1S/C35H43N5O9S.2Na/c1-21(2)31(40-35(45)49-20-29-27-10-5-3-8-25(27)26-9-4-6-11-28(26)29)33(43)39-30(12-7-16-37-34(36)44)32(42)38-24-14-13-23(19-41)22(18-24)15-17-50(46,47)48;;/h3-6,8-11,13-14,18,21,29-31,41H,7,12,15-17,19-20H2,1-2H3,(H7,36,37,38,39,40,42,43,44,45,46,47,48);;/q;2*+1/p-2/t30-,31-;;/m0../s1. The Kier molecular flexibility index (Phi) is 18.3. The fourth-order valence-electron chi connectivity index (χ4n) is 5.85. The van der Waals surface area contributed by atoms with Crippen LogP contribution in [0.25, 0.3) is 16.4 Å². The molecule has 17 heteroatoms. The maximum Gasteiger partial charge on any atom is 1.00 e. The number of urea groups is 1. The molecular weight excluding hydrogens is 712 g/mol. The molecule has 0 bridgehead atoms. The van der Waals surface area contributed by atoms with E-state index in [1.165, 1.54) is 18.2 Å². The molecule has 1 aliphatic rings. The Balaban J connectivity index is 0.00000468. The molecule has 0 fully saturated rings. The monoisotopic (exact) mass is 753 g/mol. The number of ether oxygens (including phenoxy) is 1. The zero-order valence-corrected chi connectivity index (χ0v) is 34.6. The number of carbonyl (C=O) groups is 4. The van der Waals surface area contributed by atoms with Gasteiger partial charge in [0.25, 0.3) is 0 Å². The van der Waals surface area contributed by atoms with Crippen LogP contribution in [0, 0.1) is 5.92 Å². The summed E-state index contributed by atoms with van der Waals surface area (Å²) in [6.07, 6.45) is -0.733. The van der Waals surface area contributed by atoms with Crippen molar-refractivity contribution in [2.45, 2.75) is 57.7 Å². The molecule has 4 rings (SSSR count). The first kappa shape index (κ1) is 45.2. The topological polar surface area (TPSA) is 231 Å². The van der Waals surface area contributed by atoms with Gasteiger partial charge < -0.3 is 46.2 Å². The van der Waals surface area contributed by atoms with Crippen LogP contribution in [0.4, 0.5) is 15.3 Å². The van der Waals surface area contributed by atoms with Crippen molar-refractivity contribution in [1.29, 1.82) is 0 Å². The number of aryl methyl sites for hydroxylation is 1. The summed E-state index contributed by atoms with van der Waals surface area (Å²) in [5, 5.41) is 21.4. The van der Waals surface area contributed by atoms with E-state index in [-0.39, 0.29) is 103 Å². The Morgan fingerprint density at radius 2 is 1.56 bits per heavy atom. The van der Waals surface area contributed by atoms with Crippen molar-refractivity contribution in [3.8, 4) is 11.1 Å². The van der Waals surface area contributed by atoms with E-state index < -0.39 is 64.4 Å². The zero-order chi connectivity index (χ0) is 36.4. The normalized spacial score (nSPS) is 12.9. The van der Waals surface area contributed by atoms with Crippen molar-refractivity contribution >= 4 is 39.7 Å². The summed E-state index contributed by atoms with van der Waals surface area (Å²) in [6, 6.07) is 17.0. The number of carbonyl (C=O) groups excluding carboxylic acids is 4. The minimum Gasteiger partial charge on any atom is -0.748 e. The number of nitrogens with one attached hydrogen (secondary N) is 3. The number of rotatable bonds is 16. The van der Waals surface area contributed by atoms with Crippen molar-refractivity contribution in [3.05, 3.63) is 94.3 Å². The predicted molar refractivity (Wildman–Crippen MR) is 184 cm³/mol. The molecule has 6 N–H and O–H groups in total. The van der Waals surface area contributed by atoms with Gasteiger partial charge in [-0.25, -0.2) is 18.0 Å². The van der Waals surface area contributed by atoms with Crippen LogP contribution in [0.3, 0.4) is 0 Å². The number of alkyl carbamates (subject to hydrolysis) is 1. The number of aliphatic hydroxyl groups is 1. The first-order chi connectivity index (χ1) is 23.8. The minimum atomic E-state index is -4.54. The Bertz CT molecular complexity index is 1780. The molecule has 14 nitrogen and oxygen atoms in total. The second-order valence-corrected chi connectivity index (χ2v) is 13.8. The maximum atomic E-state index is 13.6. The van der Waals surface area contributed by atoms with Crippen LogP contribution in [0.5, 0.6) is 0 Å². The van der Waals surface area contributed by atoms with Gasteiger partial charge in [0.05, 0.1) is 28.7 Å². The van der Waals surface area contributed by atoms with Crippen LogP contribution in [-0.2, 0) is 37.5 Å². The molecule has 0 unspecified atom stereocenters. The molecule has 0 aromatic heterocycles. The number of aliphatic hydroxyl groups excluding tert-OH is 1. The van der Waals surface area contributed by atoms with Crippen molar-refractivity contribution in [2.24, 2.45) is 11.7 Å². The van der Waals surface area contributed by atoms with Crippen molar-refractivity contribution in [1.82, 2.24) is 16.0 Å². The smallest absolute Gasteiger partial charge is 0.748 e. The fourth-order valence-corrected chi connectivity index (χ4v) is 6.32. The van der Waals surface area contributed by atoms with Gasteiger partial charge >= 0.3 is 71.2 Å². The number of fused-ring (bicyclic) bond motifs is 3. The van der Waals surface area contributed by atoms with E-state index in [1.54, 1.807) is 13.8 Å². The SMILES string of the molecule is CC(C)[C@H](NC(=O)OCC1c2ccccc2-c2ccccc21)C(=O)N[C@@H](CCCNC(N)=O)C(=O)[N-]c1ccc(CO)c(CCS(=O)(=O)[O-])c1.[Na+].[Na+]. The van der Waals surface area contributed by atoms with Crippen LogP contribution in [0.15, 0.2) is 66.7 Å². The third-order valence-corrected chi connectivity index (χ3v) is 9.07. The first-order valence-electron chi connectivity index (χ1n) is 16.1. The second-order valence-electron chi connectivity index (χ2n) is 12.3. The van der Waals surface area contributed by atoms with Gasteiger partial charge in [-0.05, 0) is 58.6 Å². The number of nitrogens with zero attached hydrogens (tertiary/aromatic N) is 1. The number of benzene rings is 3. The van der Waals surface area contributed by atoms with Crippen LogP contribution >= 0.6 is 0 Å². The van der Waals surface area contributed by atoms with Gasteiger partial charge in [0.1, 0.15) is 12.6 Å². The van der Waals surface area contributed by atoms with Gasteiger partial charge in [0.15, 0.2) is 0 Å². The van der Waals surface area contributed by atoms with E-state index in [1.807, 2.05) is 48.5 Å². The third kappa shape index (κ3) is 12.8. The molecule has 3 aromatic carbocycles. The Morgan fingerprint density at radius 1 is 0.942 bits per heavy atom. The summed E-state index contributed by atoms with van der Waals surface area (Å²) in [5.74, 6) is -2.74. The van der Waals surface area contributed by atoms with Crippen molar-refractivity contribution in [2.75, 3.05) is 18.9 Å². The van der Waals surface area contributed by atoms with E-state index in [0.29, 0.717) is 11.1 Å². The molecule has 5 amide bonds.